The minimum absolute atomic E-state index is 0.0191. The predicted molar refractivity (Wildman–Crippen MR) is 72.8 cm³/mol. The fourth-order valence-electron chi connectivity index (χ4n) is 3.00. The molecule has 2 amide bonds. The number of carbonyl (C=O) groups excluding carboxylic acids is 2. The van der Waals surface area contributed by atoms with Gasteiger partial charge in [0.05, 0.1) is 6.33 Å². The third-order valence-corrected chi connectivity index (χ3v) is 4.30. The minimum atomic E-state index is -0.124. The molecule has 1 atom stereocenters. The molecule has 6 nitrogen and oxygen atoms in total. The molecule has 2 aliphatic heterocycles. The average molecular weight is 276 g/mol. The van der Waals surface area contributed by atoms with Gasteiger partial charge in [0.1, 0.15) is 0 Å². The summed E-state index contributed by atoms with van der Waals surface area (Å²) < 4.78 is 2.07. The molecule has 2 N–H and O–H groups in total. The Bertz CT molecular complexity index is 505. The first-order valence-electron chi connectivity index (χ1n) is 7.28. The molecule has 1 saturated heterocycles. The second-order valence-corrected chi connectivity index (χ2v) is 5.65. The Kier molecular flexibility index (Phi) is 3.82. The molecule has 0 radical (unpaired) electrons. The summed E-state index contributed by atoms with van der Waals surface area (Å²) in [5.74, 6) is -0.351. The SMILES string of the molecule is O=C(NC(=O)C1CCn2cncc2C1)C1CCNCC1. The van der Waals surface area contributed by atoms with Crippen LogP contribution < -0.4 is 10.6 Å². The van der Waals surface area contributed by atoms with Gasteiger partial charge in [-0.25, -0.2) is 4.98 Å². The van der Waals surface area contributed by atoms with Gasteiger partial charge >= 0.3 is 0 Å². The molecular weight excluding hydrogens is 256 g/mol. The van der Waals surface area contributed by atoms with Crippen LogP contribution in [0.15, 0.2) is 12.5 Å². The molecule has 1 unspecified atom stereocenters. The topological polar surface area (TPSA) is 76.0 Å². The van der Waals surface area contributed by atoms with Gasteiger partial charge in [0, 0.05) is 36.7 Å². The van der Waals surface area contributed by atoms with Crippen LogP contribution in [0.2, 0.25) is 0 Å². The van der Waals surface area contributed by atoms with Crippen molar-refractivity contribution in [3.63, 3.8) is 0 Å². The molecule has 1 aromatic heterocycles. The molecule has 0 aliphatic carbocycles. The van der Waals surface area contributed by atoms with E-state index in [4.69, 9.17) is 0 Å². The first-order valence-corrected chi connectivity index (χ1v) is 7.28. The highest BCUT2D eigenvalue weighted by atomic mass is 16.2. The normalized spacial score (nSPS) is 23.1. The highest BCUT2D eigenvalue weighted by Crippen LogP contribution is 2.20. The lowest BCUT2D eigenvalue weighted by Gasteiger charge is -2.25. The number of amides is 2. The van der Waals surface area contributed by atoms with Crippen LogP contribution in [0.1, 0.15) is 25.0 Å². The zero-order chi connectivity index (χ0) is 13.9. The van der Waals surface area contributed by atoms with Crippen LogP contribution in [0, 0.1) is 11.8 Å². The molecule has 108 valence electrons. The maximum absolute atomic E-state index is 12.2. The zero-order valence-corrected chi connectivity index (χ0v) is 11.5. The van der Waals surface area contributed by atoms with Crippen LogP contribution in [0.4, 0.5) is 0 Å². The van der Waals surface area contributed by atoms with Crippen molar-refractivity contribution < 1.29 is 9.59 Å². The van der Waals surface area contributed by atoms with Crippen molar-refractivity contribution in [2.45, 2.75) is 32.2 Å². The van der Waals surface area contributed by atoms with Crippen LogP contribution in [0.3, 0.4) is 0 Å². The van der Waals surface area contributed by atoms with Crippen molar-refractivity contribution in [3.05, 3.63) is 18.2 Å². The lowest BCUT2D eigenvalue weighted by molar-refractivity contribution is -0.135. The van der Waals surface area contributed by atoms with Gasteiger partial charge in [0.2, 0.25) is 11.8 Å². The van der Waals surface area contributed by atoms with Crippen LogP contribution >= 0.6 is 0 Å². The van der Waals surface area contributed by atoms with E-state index < -0.39 is 0 Å². The fraction of sp³-hybridized carbons (Fsp3) is 0.643. The number of imide groups is 1. The van der Waals surface area contributed by atoms with E-state index in [1.165, 1.54) is 0 Å². The quantitative estimate of drug-likeness (QED) is 0.751. The van der Waals surface area contributed by atoms with Crippen LogP contribution in [0.25, 0.3) is 0 Å². The summed E-state index contributed by atoms with van der Waals surface area (Å²) in [7, 11) is 0. The molecular formula is C14H20N4O2. The number of rotatable bonds is 2. The van der Waals surface area contributed by atoms with Crippen LogP contribution in [-0.2, 0) is 22.6 Å². The molecule has 20 heavy (non-hydrogen) atoms. The monoisotopic (exact) mass is 276 g/mol. The lowest BCUT2D eigenvalue weighted by atomic mass is 9.93. The molecule has 0 spiro atoms. The largest absolute Gasteiger partial charge is 0.335 e. The third kappa shape index (κ3) is 2.75. The van der Waals surface area contributed by atoms with Crippen LogP contribution in [-0.4, -0.2) is 34.5 Å². The van der Waals surface area contributed by atoms with E-state index in [-0.39, 0.29) is 23.7 Å². The number of imidazole rings is 1. The average Bonchev–Trinajstić information content (AvgIpc) is 2.95. The molecule has 0 aromatic carbocycles. The fourth-order valence-corrected chi connectivity index (χ4v) is 3.00. The Labute approximate surface area is 117 Å². The summed E-state index contributed by atoms with van der Waals surface area (Å²) in [4.78, 5) is 28.4. The predicted octanol–water partition coefficient (Wildman–Crippen LogP) is 0.0879. The van der Waals surface area contributed by atoms with E-state index in [0.717, 1.165) is 44.6 Å². The summed E-state index contributed by atoms with van der Waals surface area (Å²) in [6, 6.07) is 0. The van der Waals surface area contributed by atoms with Crippen molar-refractivity contribution in [3.8, 4) is 0 Å². The second-order valence-electron chi connectivity index (χ2n) is 5.65. The van der Waals surface area contributed by atoms with Gasteiger partial charge in [-0.05, 0) is 32.4 Å². The number of aryl methyl sites for hydroxylation is 1. The van der Waals surface area contributed by atoms with Gasteiger partial charge in [0.25, 0.3) is 0 Å². The number of hydrogen-bond donors (Lipinski definition) is 2. The summed E-state index contributed by atoms with van der Waals surface area (Å²) in [5.41, 5.74) is 1.07. The van der Waals surface area contributed by atoms with Crippen molar-refractivity contribution in [1.29, 1.82) is 0 Å². The summed E-state index contributed by atoms with van der Waals surface area (Å²) in [6.07, 6.45) is 6.67. The van der Waals surface area contributed by atoms with E-state index in [1.807, 2.05) is 0 Å². The maximum atomic E-state index is 12.2. The Hall–Kier alpha value is -1.69. The first-order chi connectivity index (χ1) is 9.74. The Balaban J connectivity index is 1.55. The molecule has 1 fully saturated rings. The Morgan fingerprint density at radius 3 is 2.75 bits per heavy atom. The number of fused-ring (bicyclic) bond motifs is 1. The molecule has 6 heteroatoms. The number of aromatic nitrogens is 2. The number of nitrogens with zero attached hydrogens (tertiary/aromatic N) is 2. The maximum Gasteiger partial charge on any atom is 0.230 e. The molecule has 3 rings (SSSR count). The number of piperidine rings is 1. The molecule has 0 saturated carbocycles. The van der Waals surface area contributed by atoms with Gasteiger partial charge in [-0.3, -0.25) is 14.9 Å². The molecule has 1 aromatic rings. The van der Waals surface area contributed by atoms with Gasteiger partial charge in [-0.1, -0.05) is 0 Å². The van der Waals surface area contributed by atoms with Crippen molar-refractivity contribution >= 4 is 11.8 Å². The molecule has 2 aliphatic rings. The Morgan fingerprint density at radius 2 is 1.95 bits per heavy atom. The van der Waals surface area contributed by atoms with Gasteiger partial charge in [0.15, 0.2) is 0 Å². The number of hydrogen-bond acceptors (Lipinski definition) is 4. The number of carbonyl (C=O) groups is 2. The highest BCUT2D eigenvalue weighted by Gasteiger charge is 2.28. The van der Waals surface area contributed by atoms with E-state index in [1.54, 1.807) is 12.5 Å². The van der Waals surface area contributed by atoms with Gasteiger partial charge in [-0.2, -0.15) is 0 Å². The van der Waals surface area contributed by atoms with Crippen molar-refractivity contribution in [2.75, 3.05) is 13.1 Å². The summed E-state index contributed by atoms with van der Waals surface area (Å²) in [6.45, 7) is 2.51. The highest BCUT2D eigenvalue weighted by molar-refractivity contribution is 5.97. The standard InChI is InChI=1S/C14H20N4O2/c19-13(10-1-4-15-5-2-10)17-14(20)11-3-6-18-9-16-8-12(18)7-11/h8-11,15H,1-7H2,(H,17,19,20). The first kappa shape index (κ1) is 13.3. The second kappa shape index (κ2) is 5.75. The minimum Gasteiger partial charge on any atom is -0.335 e. The van der Waals surface area contributed by atoms with Crippen LogP contribution in [0.5, 0.6) is 0 Å². The van der Waals surface area contributed by atoms with Gasteiger partial charge in [-0.15, -0.1) is 0 Å². The lowest BCUT2D eigenvalue weighted by Crippen LogP contribution is -2.44. The Morgan fingerprint density at radius 1 is 1.20 bits per heavy atom. The van der Waals surface area contributed by atoms with E-state index in [9.17, 15) is 9.59 Å². The zero-order valence-electron chi connectivity index (χ0n) is 11.5. The summed E-state index contributed by atoms with van der Waals surface area (Å²) in [5, 5.41) is 5.83. The number of nitrogens with one attached hydrogen (secondary N) is 2. The summed E-state index contributed by atoms with van der Waals surface area (Å²) >= 11 is 0. The molecule has 3 heterocycles. The van der Waals surface area contributed by atoms with E-state index >= 15 is 0 Å². The van der Waals surface area contributed by atoms with E-state index in [2.05, 4.69) is 20.2 Å². The smallest absolute Gasteiger partial charge is 0.230 e. The van der Waals surface area contributed by atoms with Gasteiger partial charge < -0.3 is 9.88 Å². The van der Waals surface area contributed by atoms with E-state index in [0.29, 0.717) is 6.42 Å². The molecule has 0 bridgehead atoms. The third-order valence-electron chi connectivity index (χ3n) is 4.30. The van der Waals surface area contributed by atoms with Crippen molar-refractivity contribution in [1.82, 2.24) is 20.2 Å². The van der Waals surface area contributed by atoms with Crippen molar-refractivity contribution in [2.24, 2.45) is 11.8 Å².